The Hall–Kier alpha value is -4.55. The number of hydrogen-bond donors (Lipinski definition) is 1. The lowest BCUT2D eigenvalue weighted by atomic mass is 9.87. The monoisotopic (exact) mass is 595 g/mol. The number of pyridine rings is 1. The standard InChI is InChI=1S/C30H26FNO9S/c1-38-26-16-22-23(17-27(26)39-2)32-12-9-24(22)40-21-7-3-18(4-8-21)13-28(33)30(10-11-30)29(34)14-19-5-6-20(31)15-25(19)41-42(35,36)37/h3-9,12,15-17H,10-11,13-14H2,1-2H3,(H,35,36,37). The van der Waals surface area contributed by atoms with Crippen LogP contribution in [0.1, 0.15) is 24.0 Å². The molecule has 0 bridgehead atoms. The molecule has 42 heavy (non-hydrogen) atoms. The van der Waals surface area contributed by atoms with Gasteiger partial charge in [-0.15, -0.1) is 0 Å². The highest BCUT2D eigenvalue weighted by Crippen LogP contribution is 2.49. The fraction of sp³-hybridized carbons (Fsp3) is 0.233. The number of halogens is 1. The molecule has 5 rings (SSSR count). The van der Waals surface area contributed by atoms with E-state index in [1.54, 1.807) is 55.8 Å². The van der Waals surface area contributed by atoms with Crippen LogP contribution in [-0.4, -0.2) is 43.7 Å². The Morgan fingerprint density at radius 2 is 1.55 bits per heavy atom. The average molecular weight is 596 g/mol. The van der Waals surface area contributed by atoms with Crippen molar-refractivity contribution in [3.63, 3.8) is 0 Å². The summed E-state index contributed by atoms with van der Waals surface area (Å²) in [7, 11) is -1.86. The van der Waals surface area contributed by atoms with Crippen LogP contribution >= 0.6 is 0 Å². The van der Waals surface area contributed by atoms with Gasteiger partial charge in [0.2, 0.25) is 0 Å². The number of aromatic nitrogens is 1. The van der Waals surface area contributed by atoms with Crippen molar-refractivity contribution >= 4 is 32.9 Å². The van der Waals surface area contributed by atoms with Gasteiger partial charge >= 0.3 is 10.4 Å². The molecule has 12 heteroatoms. The number of ketones is 2. The summed E-state index contributed by atoms with van der Waals surface area (Å²) in [6.45, 7) is 0. The number of carbonyl (C=O) groups is 2. The zero-order valence-electron chi connectivity index (χ0n) is 22.6. The van der Waals surface area contributed by atoms with Crippen molar-refractivity contribution in [3.8, 4) is 28.7 Å². The Morgan fingerprint density at radius 3 is 2.19 bits per heavy atom. The number of carbonyl (C=O) groups excluding carboxylic acids is 2. The minimum atomic E-state index is -4.94. The van der Waals surface area contributed by atoms with Gasteiger partial charge in [0.25, 0.3) is 0 Å². The van der Waals surface area contributed by atoms with Crippen LogP contribution in [0.15, 0.2) is 66.9 Å². The molecule has 0 unspecified atom stereocenters. The first kappa shape index (κ1) is 29.0. The Bertz CT molecular complexity index is 1790. The number of hydrogen-bond acceptors (Lipinski definition) is 9. The molecular formula is C30H26FNO9S. The van der Waals surface area contributed by atoms with Crippen molar-refractivity contribution in [1.82, 2.24) is 4.98 Å². The Labute approximate surface area is 241 Å². The summed E-state index contributed by atoms with van der Waals surface area (Å²) < 4.78 is 66.2. The van der Waals surface area contributed by atoms with E-state index in [2.05, 4.69) is 9.17 Å². The molecule has 0 saturated heterocycles. The maximum atomic E-state index is 13.6. The van der Waals surface area contributed by atoms with E-state index in [0.717, 1.165) is 17.5 Å². The molecule has 1 aliphatic rings. The van der Waals surface area contributed by atoms with E-state index in [1.807, 2.05) is 0 Å². The lowest BCUT2D eigenvalue weighted by molar-refractivity contribution is -0.133. The summed E-state index contributed by atoms with van der Waals surface area (Å²) in [4.78, 5) is 30.7. The first-order chi connectivity index (χ1) is 20.0. The Kier molecular flexibility index (Phi) is 7.85. The van der Waals surface area contributed by atoms with Crippen LogP contribution in [0.2, 0.25) is 0 Å². The maximum Gasteiger partial charge on any atom is 0.446 e. The van der Waals surface area contributed by atoms with Crippen molar-refractivity contribution < 1.29 is 45.3 Å². The number of nitrogens with zero attached hydrogens (tertiary/aromatic N) is 1. The van der Waals surface area contributed by atoms with E-state index >= 15 is 0 Å². The van der Waals surface area contributed by atoms with E-state index < -0.39 is 33.2 Å². The second-order valence-electron chi connectivity index (χ2n) is 9.82. The predicted octanol–water partition coefficient (Wildman–Crippen LogP) is 5.07. The van der Waals surface area contributed by atoms with E-state index in [4.69, 9.17) is 18.8 Å². The van der Waals surface area contributed by atoms with Gasteiger partial charge in [-0.25, -0.2) is 4.39 Å². The average Bonchev–Trinajstić information content (AvgIpc) is 3.77. The molecule has 0 radical (unpaired) electrons. The van der Waals surface area contributed by atoms with E-state index in [9.17, 15) is 22.4 Å². The van der Waals surface area contributed by atoms with Crippen LogP contribution in [0.25, 0.3) is 10.9 Å². The van der Waals surface area contributed by atoms with Gasteiger partial charge in [0.15, 0.2) is 28.8 Å². The first-order valence-corrected chi connectivity index (χ1v) is 14.2. The third-order valence-corrected chi connectivity index (χ3v) is 7.51. The number of Topliss-reactive ketones (excluding diaryl/α,β-unsaturated/α-hetero) is 2. The summed E-state index contributed by atoms with van der Waals surface area (Å²) in [5, 5.41) is 0.717. The van der Waals surface area contributed by atoms with Crippen LogP contribution in [0.5, 0.6) is 28.7 Å². The Morgan fingerprint density at radius 1 is 0.881 bits per heavy atom. The van der Waals surface area contributed by atoms with Gasteiger partial charge in [-0.2, -0.15) is 8.42 Å². The van der Waals surface area contributed by atoms with Crippen molar-refractivity contribution in [2.75, 3.05) is 14.2 Å². The molecule has 0 amide bonds. The van der Waals surface area contributed by atoms with Crippen molar-refractivity contribution in [2.24, 2.45) is 5.41 Å². The van der Waals surface area contributed by atoms with Crippen LogP contribution in [0, 0.1) is 11.2 Å². The summed E-state index contributed by atoms with van der Waals surface area (Å²) in [6.07, 6.45) is 1.96. The second-order valence-corrected chi connectivity index (χ2v) is 10.8. The minimum Gasteiger partial charge on any atom is -0.493 e. The highest BCUT2D eigenvalue weighted by atomic mass is 32.3. The lowest BCUT2D eigenvalue weighted by Crippen LogP contribution is -2.29. The summed E-state index contributed by atoms with van der Waals surface area (Å²) in [5.74, 6) is 0.106. The molecule has 0 atom stereocenters. The summed E-state index contributed by atoms with van der Waals surface area (Å²) >= 11 is 0. The van der Waals surface area contributed by atoms with E-state index in [-0.39, 0.29) is 24.2 Å². The van der Waals surface area contributed by atoms with Gasteiger partial charge in [-0.05, 0) is 48.7 Å². The molecule has 10 nitrogen and oxygen atoms in total. The summed E-state index contributed by atoms with van der Waals surface area (Å²) in [5.41, 5.74) is 0.160. The zero-order chi connectivity index (χ0) is 30.1. The molecule has 218 valence electrons. The molecule has 1 N–H and O–H groups in total. The molecule has 0 aliphatic heterocycles. The molecular weight excluding hydrogens is 569 g/mol. The molecule has 3 aromatic carbocycles. The number of rotatable bonds is 12. The minimum absolute atomic E-state index is 0.000997. The summed E-state index contributed by atoms with van der Waals surface area (Å²) in [6, 6.07) is 15.1. The van der Waals surface area contributed by atoms with Gasteiger partial charge in [0.05, 0.1) is 25.2 Å². The van der Waals surface area contributed by atoms with Crippen LogP contribution in [0.3, 0.4) is 0 Å². The topological polar surface area (TPSA) is 138 Å². The van der Waals surface area contributed by atoms with Gasteiger partial charge in [-0.1, -0.05) is 18.2 Å². The SMILES string of the molecule is COc1cc2nccc(Oc3ccc(CC(=O)C4(C(=O)Cc5ccc(F)cc5OS(=O)(=O)O)CC4)cc3)c2cc1OC. The van der Waals surface area contributed by atoms with Gasteiger partial charge in [0, 0.05) is 42.1 Å². The lowest BCUT2D eigenvalue weighted by Gasteiger charge is -2.15. The molecule has 1 aliphatic carbocycles. The molecule has 1 aromatic heterocycles. The normalized spacial score (nSPS) is 13.8. The van der Waals surface area contributed by atoms with Gasteiger partial charge < -0.3 is 18.4 Å². The van der Waals surface area contributed by atoms with Crippen molar-refractivity contribution in [1.29, 1.82) is 0 Å². The van der Waals surface area contributed by atoms with Crippen molar-refractivity contribution in [2.45, 2.75) is 25.7 Å². The quantitative estimate of drug-likeness (QED) is 0.175. The largest absolute Gasteiger partial charge is 0.493 e. The third kappa shape index (κ3) is 6.19. The Balaban J connectivity index is 1.28. The number of methoxy groups -OCH3 is 2. The molecule has 1 heterocycles. The predicted molar refractivity (Wildman–Crippen MR) is 149 cm³/mol. The van der Waals surface area contributed by atoms with Gasteiger partial charge in [0.1, 0.15) is 17.3 Å². The van der Waals surface area contributed by atoms with E-state index in [0.29, 0.717) is 46.9 Å². The fourth-order valence-corrected chi connectivity index (χ4v) is 5.12. The zero-order valence-corrected chi connectivity index (χ0v) is 23.4. The first-order valence-electron chi connectivity index (χ1n) is 12.8. The molecule has 1 saturated carbocycles. The molecule has 0 spiro atoms. The number of ether oxygens (including phenoxy) is 3. The number of benzene rings is 3. The maximum absolute atomic E-state index is 13.6. The van der Waals surface area contributed by atoms with Crippen molar-refractivity contribution in [3.05, 3.63) is 83.8 Å². The highest BCUT2D eigenvalue weighted by molar-refractivity contribution is 7.81. The molecule has 1 fully saturated rings. The second kappa shape index (κ2) is 11.4. The van der Waals surface area contributed by atoms with Crippen LogP contribution in [0.4, 0.5) is 4.39 Å². The third-order valence-electron chi connectivity index (χ3n) is 7.12. The van der Waals surface area contributed by atoms with Crippen LogP contribution < -0.4 is 18.4 Å². The van der Waals surface area contributed by atoms with Gasteiger partial charge in [-0.3, -0.25) is 19.1 Å². The van der Waals surface area contributed by atoms with E-state index in [1.165, 1.54) is 13.2 Å². The fourth-order valence-electron chi connectivity index (χ4n) is 4.74. The smallest absolute Gasteiger partial charge is 0.446 e. The van der Waals surface area contributed by atoms with Crippen LogP contribution in [-0.2, 0) is 32.8 Å². The highest BCUT2D eigenvalue weighted by Gasteiger charge is 2.54. The molecule has 4 aromatic rings. The number of fused-ring (bicyclic) bond motifs is 1.